The second-order valence-corrected chi connectivity index (χ2v) is 4.05. The lowest BCUT2D eigenvalue weighted by molar-refractivity contribution is 0.102. The minimum absolute atomic E-state index is 0.215. The van der Waals surface area contributed by atoms with E-state index in [0.717, 1.165) is 17.1 Å². The summed E-state index contributed by atoms with van der Waals surface area (Å²) in [6, 6.07) is 7.34. The van der Waals surface area contributed by atoms with Gasteiger partial charge >= 0.3 is 0 Å². The smallest absolute Gasteiger partial charge is 0.257 e. The summed E-state index contributed by atoms with van der Waals surface area (Å²) in [7, 11) is 0. The molecule has 0 saturated carbocycles. The molecule has 0 bridgehead atoms. The Kier molecular flexibility index (Phi) is 3.73. The summed E-state index contributed by atoms with van der Waals surface area (Å²) in [5.41, 5.74) is 7.03. The number of nitrogens with one attached hydrogen (secondary N) is 1. The van der Waals surface area contributed by atoms with Crippen LogP contribution >= 0.6 is 11.5 Å². The number of amides is 1. The number of hydrogen-bond acceptors (Lipinski definition) is 6. The van der Waals surface area contributed by atoms with Crippen LogP contribution in [0.5, 0.6) is 0 Å². The molecule has 1 amide bonds. The lowest BCUT2D eigenvalue weighted by Gasteiger charge is -2.06. The zero-order valence-electron chi connectivity index (χ0n) is 8.96. The van der Waals surface area contributed by atoms with Gasteiger partial charge in [-0.15, -0.1) is 0 Å². The molecule has 0 aliphatic rings. The Labute approximate surface area is 102 Å². The van der Waals surface area contributed by atoms with Crippen molar-refractivity contribution in [2.24, 2.45) is 5.73 Å². The molecule has 0 aliphatic heterocycles. The van der Waals surface area contributed by atoms with E-state index in [1.54, 1.807) is 6.07 Å². The molecular formula is C10H11N5OS. The maximum atomic E-state index is 12.0. The molecule has 1 heterocycles. The summed E-state index contributed by atoms with van der Waals surface area (Å²) in [4.78, 5) is 12.0. The molecule has 7 heteroatoms. The predicted molar refractivity (Wildman–Crippen MR) is 64.9 cm³/mol. The van der Waals surface area contributed by atoms with Crippen LogP contribution in [0.4, 0.5) is 5.13 Å². The number of benzene rings is 1. The number of aromatic nitrogens is 3. The fraction of sp³-hybridized carbons (Fsp3) is 0.200. The van der Waals surface area contributed by atoms with Crippen LogP contribution < -0.4 is 11.1 Å². The van der Waals surface area contributed by atoms with Crippen molar-refractivity contribution < 1.29 is 4.79 Å². The molecule has 0 radical (unpaired) electrons. The van der Waals surface area contributed by atoms with Gasteiger partial charge in [-0.1, -0.05) is 27.8 Å². The third-order valence-electron chi connectivity index (χ3n) is 2.20. The van der Waals surface area contributed by atoms with E-state index >= 15 is 0 Å². The van der Waals surface area contributed by atoms with Gasteiger partial charge in [0.2, 0.25) is 5.13 Å². The quantitative estimate of drug-likeness (QED) is 0.831. The minimum atomic E-state index is -0.215. The molecule has 6 nitrogen and oxygen atoms in total. The van der Waals surface area contributed by atoms with Crippen LogP contribution in [-0.4, -0.2) is 27.3 Å². The summed E-state index contributed by atoms with van der Waals surface area (Å²) in [6.07, 6.45) is 0.665. The standard InChI is InChI=1S/C10H11N5OS/c11-6-5-7-3-1-2-4-8(7)9(16)12-10-13-14-15-17-10/h1-4H,5-6,11H2,(H,12,13,15,16). The predicted octanol–water partition coefficient (Wildman–Crippen LogP) is 0.687. The highest BCUT2D eigenvalue weighted by atomic mass is 32.1. The number of nitrogens with two attached hydrogens (primary N) is 1. The second kappa shape index (κ2) is 5.46. The largest absolute Gasteiger partial charge is 0.330 e. The number of rotatable bonds is 4. The maximum absolute atomic E-state index is 12.0. The van der Waals surface area contributed by atoms with Crippen LogP contribution in [-0.2, 0) is 6.42 Å². The van der Waals surface area contributed by atoms with E-state index in [2.05, 4.69) is 20.1 Å². The first-order valence-corrected chi connectivity index (χ1v) is 5.83. The first-order valence-electron chi connectivity index (χ1n) is 5.05. The van der Waals surface area contributed by atoms with Gasteiger partial charge in [-0.25, -0.2) is 0 Å². The Balaban J connectivity index is 2.18. The molecular weight excluding hydrogens is 238 g/mol. The number of hydrogen-bond donors (Lipinski definition) is 2. The van der Waals surface area contributed by atoms with Crippen LogP contribution in [0.3, 0.4) is 0 Å². The van der Waals surface area contributed by atoms with Crippen molar-refractivity contribution in [2.75, 3.05) is 11.9 Å². The van der Waals surface area contributed by atoms with Gasteiger partial charge in [-0.3, -0.25) is 10.1 Å². The summed E-state index contributed by atoms with van der Waals surface area (Å²) in [5, 5.41) is 10.1. The number of carbonyl (C=O) groups excluding carboxylic acids is 1. The average molecular weight is 249 g/mol. The van der Waals surface area contributed by atoms with E-state index in [4.69, 9.17) is 5.73 Å². The first kappa shape index (κ1) is 11.6. The molecule has 0 atom stereocenters. The molecule has 0 aliphatic carbocycles. The minimum Gasteiger partial charge on any atom is -0.330 e. The van der Waals surface area contributed by atoms with E-state index < -0.39 is 0 Å². The van der Waals surface area contributed by atoms with Gasteiger partial charge in [0.25, 0.3) is 5.91 Å². The Morgan fingerprint density at radius 3 is 2.94 bits per heavy atom. The van der Waals surface area contributed by atoms with E-state index in [1.807, 2.05) is 18.2 Å². The van der Waals surface area contributed by atoms with Crippen LogP contribution in [0.15, 0.2) is 24.3 Å². The van der Waals surface area contributed by atoms with Crippen molar-refractivity contribution in [3.05, 3.63) is 35.4 Å². The van der Waals surface area contributed by atoms with E-state index in [9.17, 15) is 4.79 Å². The van der Waals surface area contributed by atoms with Gasteiger partial charge in [0.1, 0.15) is 0 Å². The molecule has 1 aromatic heterocycles. The van der Waals surface area contributed by atoms with Gasteiger partial charge in [0.05, 0.1) is 0 Å². The molecule has 3 N–H and O–H groups in total. The fourth-order valence-electron chi connectivity index (χ4n) is 1.46. The molecule has 88 valence electrons. The Hall–Kier alpha value is -1.86. The fourth-order valence-corrected chi connectivity index (χ4v) is 1.82. The number of anilines is 1. The topological polar surface area (TPSA) is 93.8 Å². The zero-order chi connectivity index (χ0) is 12.1. The maximum Gasteiger partial charge on any atom is 0.257 e. The van der Waals surface area contributed by atoms with Gasteiger partial charge in [0, 0.05) is 17.1 Å². The normalized spacial score (nSPS) is 10.2. The van der Waals surface area contributed by atoms with Crippen molar-refractivity contribution in [2.45, 2.75) is 6.42 Å². The van der Waals surface area contributed by atoms with E-state index in [-0.39, 0.29) is 5.91 Å². The molecule has 0 spiro atoms. The highest BCUT2D eigenvalue weighted by Crippen LogP contribution is 2.13. The van der Waals surface area contributed by atoms with Gasteiger partial charge < -0.3 is 5.73 Å². The van der Waals surface area contributed by atoms with Crippen LogP contribution in [0.1, 0.15) is 15.9 Å². The third-order valence-corrected chi connectivity index (χ3v) is 2.71. The Bertz CT molecular complexity index is 499. The molecule has 0 saturated heterocycles. The average Bonchev–Trinajstić information content (AvgIpc) is 2.83. The zero-order valence-corrected chi connectivity index (χ0v) is 9.78. The molecule has 2 rings (SSSR count). The van der Waals surface area contributed by atoms with Crippen molar-refractivity contribution in [3.63, 3.8) is 0 Å². The van der Waals surface area contributed by atoms with Crippen LogP contribution in [0.2, 0.25) is 0 Å². The van der Waals surface area contributed by atoms with Crippen molar-refractivity contribution in [1.82, 2.24) is 14.8 Å². The summed E-state index contributed by atoms with van der Waals surface area (Å²) < 4.78 is 3.57. The third kappa shape index (κ3) is 2.83. The molecule has 0 unspecified atom stereocenters. The van der Waals surface area contributed by atoms with Crippen molar-refractivity contribution >= 4 is 22.6 Å². The highest BCUT2D eigenvalue weighted by Gasteiger charge is 2.12. The summed E-state index contributed by atoms with van der Waals surface area (Å²) in [5.74, 6) is -0.215. The molecule has 17 heavy (non-hydrogen) atoms. The Morgan fingerprint density at radius 1 is 1.41 bits per heavy atom. The lowest BCUT2D eigenvalue weighted by Crippen LogP contribution is -2.15. The molecule has 1 aromatic carbocycles. The number of nitrogens with zero attached hydrogens (tertiary/aromatic N) is 3. The van der Waals surface area contributed by atoms with Crippen molar-refractivity contribution in [3.8, 4) is 0 Å². The summed E-state index contributed by atoms with van der Waals surface area (Å²) in [6.45, 7) is 0.505. The molecule has 2 aromatic rings. The van der Waals surface area contributed by atoms with Crippen molar-refractivity contribution in [1.29, 1.82) is 0 Å². The van der Waals surface area contributed by atoms with Gasteiger partial charge in [-0.05, 0) is 29.8 Å². The Morgan fingerprint density at radius 2 is 2.24 bits per heavy atom. The lowest BCUT2D eigenvalue weighted by atomic mass is 10.0. The van der Waals surface area contributed by atoms with Gasteiger partial charge in [0.15, 0.2) is 0 Å². The van der Waals surface area contributed by atoms with Gasteiger partial charge in [-0.2, -0.15) is 0 Å². The second-order valence-electron chi connectivity index (χ2n) is 3.32. The van der Waals surface area contributed by atoms with E-state index in [0.29, 0.717) is 23.7 Å². The molecule has 0 fully saturated rings. The monoisotopic (exact) mass is 249 g/mol. The SMILES string of the molecule is NCCc1ccccc1C(=O)Nc1nnns1. The highest BCUT2D eigenvalue weighted by molar-refractivity contribution is 7.09. The summed E-state index contributed by atoms with van der Waals surface area (Å²) >= 11 is 1.04. The number of carbonyl (C=O) groups is 1. The first-order chi connectivity index (χ1) is 8.31. The van der Waals surface area contributed by atoms with Crippen LogP contribution in [0.25, 0.3) is 0 Å². The van der Waals surface area contributed by atoms with E-state index in [1.165, 1.54) is 0 Å². The van der Waals surface area contributed by atoms with Crippen LogP contribution in [0, 0.1) is 0 Å².